The van der Waals surface area contributed by atoms with Crippen molar-refractivity contribution in [2.24, 2.45) is 5.41 Å². The number of hydrogen-bond acceptors (Lipinski definition) is 8. The second kappa shape index (κ2) is 15.4. The molecule has 5 rings (SSSR count). The molecule has 10 nitrogen and oxygen atoms in total. The van der Waals surface area contributed by atoms with Gasteiger partial charge in [0.05, 0.1) is 22.6 Å². The molecule has 2 aliphatic rings. The molecule has 2 amide bonds. The number of halogens is 6. The first-order valence-electron chi connectivity index (χ1n) is 17.4. The zero-order valence-corrected chi connectivity index (χ0v) is 30.6. The summed E-state index contributed by atoms with van der Waals surface area (Å²) in [5, 5.41) is 21.2. The van der Waals surface area contributed by atoms with Crippen LogP contribution in [0.25, 0.3) is 0 Å². The third-order valence-electron chi connectivity index (χ3n) is 9.94. The molecule has 0 saturated carbocycles. The van der Waals surface area contributed by atoms with Gasteiger partial charge in [-0.2, -0.15) is 26.3 Å². The molecule has 0 spiro atoms. The summed E-state index contributed by atoms with van der Waals surface area (Å²) in [4.78, 5) is 45.8. The van der Waals surface area contributed by atoms with E-state index in [0.29, 0.717) is 12.0 Å². The Morgan fingerprint density at radius 1 is 0.944 bits per heavy atom. The van der Waals surface area contributed by atoms with Crippen LogP contribution in [0.5, 0.6) is 10.8 Å². The molecule has 54 heavy (non-hydrogen) atoms. The summed E-state index contributed by atoms with van der Waals surface area (Å²) in [7, 11) is 0. The van der Waals surface area contributed by atoms with E-state index >= 15 is 0 Å². The van der Waals surface area contributed by atoms with E-state index in [4.69, 9.17) is 9.47 Å². The maximum absolute atomic E-state index is 14.9. The first-order valence-corrected chi connectivity index (χ1v) is 18.2. The number of pyridine rings is 1. The van der Waals surface area contributed by atoms with Gasteiger partial charge >= 0.3 is 18.3 Å². The summed E-state index contributed by atoms with van der Waals surface area (Å²) >= 11 is 0.261. The summed E-state index contributed by atoms with van der Waals surface area (Å²) in [6, 6.07) is 9.01. The summed E-state index contributed by atoms with van der Waals surface area (Å²) in [5.74, 6) is -2.61. The second-order valence-corrected chi connectivity index (χ2v) is 15.3. The number of amides is 2. The number of aliphatic hydroxyl groups is 1. The van der Waals surface area contributed by atoms with Crippen LogP contribution in [0.15, 0.2) is 54.7 Å². The van der Waals surface area contributed by atoms with Crippen LogP contribution in [0.1, 0.15) is 85.8 Å². The summed E-state index contributed by atoms with van der Waals surface area (Å²) in [6.07, 6.45) is -8.27. The first-order chi connectivity index (χ1) is 25.2. The Morgan fingerprint density at radius 3 is 2.24 bits per heavy atom. The second-order valence-electron chi connectivity index (χ2n) is 14.2. The van der Waals surface area contributed by atoms with E-state index in [-0.39, 0.29) is 80.5 Å². The molecule has 17 heteroatoms. The molecule has 2 fully saturated rings. The molecule has 1 aromatic carbocycles. The highest BCUT2D eigenvalue weighted by molar-refractivity contribution is 7.13. The number of carbonyl (C=O) groups is 3. The SMILES string of the molecule is CCC[C@H]1N(C(=O)c2ncccc2C(F)(F)F)CCC[C@@]1(Oc1ccc(C(F)(F)F)s1)C(=O)N1CCC(O)(c2ccccc2OCC(C)(C)C(=O)O)CC1. The zero-order valence-electron chi connectivity index (χ0n) is 29.8. The van der Waals surface area contributed by atoms with Crippen LogP contribution in [0.4, 0.5) is 26.3 Å². The van der Waals surface area contributed by atoms with Crippen LogP contribution in [0.2, 0.25) is 0 Å². The van der Waals surface area contributed by atoms with Crippen LogP contribution in [0.3, 0.4) is 0 Å². The smallest absolute Gasteiger partial charge is 0.425 e. The number of benzene rings is 1. The van der Waals surface area contributed by atoms with Crippen LogP contribution in [-0.4, -0.2) is 80.7 Å². The number of alkyl halides is 6. The predicted molar refractivity (Wildman–Crippen MR) is 184 cm³/mol. The number of carboxylic acids is 1. The average molecular weight is 786 g/mol. The highest BCUT2D eigenvalue weighted by Gasteiger charge is 2.57. The molecule has 4 heterocycles. The molecule has 2 aliphatic heterocycles. The van der Waals surface area contributed by atoms with Crippen molar-refractivity contribution in [2.45, 2.75) is 88.9 Å². The molecule has 0 radical (unpaired) electrons. The van der Waals surface area contributed by atoms with Gasteiger partial charge in [-0.15, -0.1) is 0 Å². The number of carboxylic acid groups (broad SMARTS) is 1. The van der Waals surface area contributed by atoms with Crippen LogP contribution in [0, 0.1) is 5.41 Å². The van der Waals surface area contributed by atoms with E-state index in [9.17, 15) is 50.9 Å². The van der Waals surface area contributed by atoms with Crippen molar-refractivity contribution in [1.29, 1.82) is 0 Å². The van der Waals surface area contributed by atoms with Gasteiger partial charge in [-0.3, -0.25) is 19.4 Å². The number of nitrogens with zero attached hydrogens (tertiary/aromatic N) is 3. The Hall–Kier alpha value is -4.38. The van der Waals surface area contributed by atoms with E-state index < -0.39 is 68.9 Å². The maximum Gasteiger partial charge on any atom is 0.425 e. The Morgan fingerprint density at radius 2 is 1.63 bits per heavy atom. The number of carbonyl (C=O) groups excluding carboxylic acids is 2. The molecule has 2 atom stereocenters. The monoisotopic (exact) mass is 785 g/mol. The van der Waals surface area contributed by atoms with Crippen molar-refractivity contribution >= 4 is 29.1 Å². The minimum Gasteiger partial charge on any atom is -0.492 e. The van der Waals surface area contributed by atoms with Gasteiger partial charge in [-0.05, 0) is 69.9 Å². The largest absolute Gasteiger partial charge is 0.492 e. The first kappa shape index (κ1) is 40.8. The van der Waals surface area contributed by atoms with Crippen molar-refractivity contribution in [3.63, 3.8) is 0 Å². The van der Waals surface area contributed by atoms with Crippen molar-refractivity contribution in [3.8, 4) is 10.8 Å². The lowest BCUT2D eigenvalue weighted by Gasteiger charge is -2.51. The average Bonchev–Trinajstić information content (AvgIpc) is 3.60. The van der Waals surface area contributed by atoms with Gasteiger partial charge in [0.15, 0.2) is 5.06 Å². The molecule has 2 N–H and O–H groups in total. The Kier molecular flexibility index (Phi) is 11.6. The standard InChI is InChI=1S/C37H41F6N3O7S/c1-4-9-26-35(53-28-14-13-27(54-28)37(41,42)43,15-8-19-46(26)30(47)29-24(36(38,39)40)11-7-18-44-29)31(48)45-20-16-34(51,17-21-45)23-10-5-6-12-25(23)52-22-33(2,3)32(49)50/h5-7,10-14,18,26,51H,4,8-9,15-17,19-22H2,1-3H3,(H,49,50)/t26-,35+/m1/s1. The van der Waals surface area contributed by atoms with Gasteiger partial charge in [-0.25, -0.2) is 0 Å². The van der Waals surface area contributed by atoms with Gasteiger partial charge in [0.25, 0.3) is 11.8 Å². The third kappa shape index (κ3) is 8.31. The Balaban J connectivity index is 1.49. The van der Waals surface area contributed by atoms with Gasteiger partial charge in [-0.1, -0.05) is 42.9 Å². The van der Waals surface area contributed by atoms with Crippen LogP contribution in [-0.2, 0) is 27.5 Å². The highest BCUT2D eigenvalue weighted by Crippen LogP contribution is 2.45. The molecule has 294 valence electrons. The minimum absolute atomic E-state index is 0.0291. The van der Waals surface area contributed by atoms with Gasteiger partial charge < -0.3 is 29.5 Å². The van der Waals surface area contributed by atoms with E-state index in [1.54, 1.807) is 31.2 Å². The summed E-state index contributed by atoms with van der Waals surface area (Å²) in [5.41, 5.74) is -6.55. The number of thiophene rings is 1. The number of aliphatic carboxylic acids is 1. The highest BCUT2D eigenvalue weighted by atomic mass is 32.1. The van der Waals surface area contributed by atoms with Gasteiger partial charge in [0.2, 0.25) is 5.60 Å². The normalized spacial score (nSPS) is 20.7. The molecule has 0 bridgehead atoms. The van der Waals surface area contributed by atoms with Crippen molar-refractivity contribution in [3.05, 3.63) is 76.4 Å². The van der Waals surface area contributed by atoms with Crippen molar-refractivity contribution < 1.29 is 60.4 Å². The van der Waals surface area contributed by atoms with E-state index in [2.05, 4.69) is 4.98 Å². The molecular weight excluding hydrogens is 744 g/mol. The molecular formula is C37H41F6N3O7S. The van der Waals surface area contributed by atoms with Crippen molar-refractivity contribution in [2.75, 3.05) is 26.2 Å². The zero-order chi connectivity index (χ0) is 39.7. The number of para-hydroxylation sites is 1. The number of rotatable bonds is 11. The van der Waals surface area contributed by atoms with E-state index in [1.807, 2.05) is 0 Å². The fraction of sp³-hybridized carbons (Fsp3) is 0.514. The fourth-order valence-corrected chi connectivity index (χ4v) is 7.76. The van der Waals surface area contributed by atoms with E-state index in [1.165, 1.54) is 18.7 Å². The number of aromatic nitrogens is 1. The van der Waals surface area contributed by atoms with Crippen LogP contribution >= 0.6 is 11.3 Å². The fourth-order valence-electron chi connectivity index (χ4n) is 6.96. The Labute approximate surface area is 311 Å². The topological polar surface area (TPSA) is 130 Å². The molecule has 2 aromatic heterocycles. The summed E-state index contributed by atoms with van der Waals surface area (Å²) < 4.78 is 95.3. The molecule has 0 aliphatic carbocycles. The van der Waals surface area contributed by atoms with Gasteiger partial charge in [0, 0.05) is 37.8 Å². The summed E-state index contributed by atoms with van der Waals surface area (Å²) in [6.45, 7) is 4.31. The molecule has 0 unspecified atom stereocenters. The van der Waals surface area contributed by atoms with Crippen LogP contribution < -0.4 is 9.47 Å². The number of hydrogen-bond donors (Lipinski definition) is 2. The van der Waals surface area contributed by atoms with Crippen molar-refractivity contribution in [1.82, 2.24) is 14.8 Å². The number of likely N-dealkylation sites (tertiary alicyclic amines) is 2. The van der Waals surface area contributed by atoms with Gasteiger partial charge in [0.1, 0.15) is 22.9 Å². The maximum atomic E-state index is 14.9. The van der Waals surface area contributed by atoms with E-state index in [0.717, 1.165) is 35.4 Å². The number of ether oxygens (including phenoxy) is 2. The Bertz CT molecular complexity index is 1840. The minimum atomic E-state index is -4.93. The predicted octanol–water partition coefficient (Wildman–Crippen LogP) is 7.40. The lowest BCUT2D eigenvalue weighted by Crippen LogP contribution is -2.68. The lowest BCUT2D eigenvalue weighted by atomic mass is 9.78. The number of piperidine rings is 2. The lowest BCUT2D eigenvalue weighted by molar-refractivity contribution is -0.163. The molecule has 2 saturated heterocycles. The quantitative estimate of drug-likeness (QED) is 0.193. The third-order valence-corrected chi connectivity index (χ3v) is 10.9. The molecule has 3 aromatic rings.